The molecule has 0 atom stereocenters. The van der Waals surface area contributed by atoms with E-state index in [-0.39, 0.29) is 0 Å². The van der Waals surface area contributed by atoms with Gasteiger partial charge in [0.2, 0.25) is 0 Å². The smallest absolute Gasteiger partial charge is 0.0973 e. The molecule has 2 heterocycles. The zero-order valence-electron chi connectivity index (χ0n) is 10.1. The van der Waals surface area contributed by atoms with Crippen LogP contribution in [-0.4, -0.2) is 20.0 Å². The standard InChI is InChI=1S/C15H10N4/c1-3-7-13-11(5-1)12-6-2-4-8-14(15(12)17-13)19-10-9-16-18-19/h1-10H. The fourth-order valence-corrected chi connectivity index (χ4v) is 2.37. The van der Waals surface area contributed by atoms with Gasteiger partial charge in [0, 0.05) is 10.9 Å². The molecule has 4 heteroatoms. The molecule has 4 rings (SSSR count). The molecular weight excluding hydrogens is 236 g/mol. The molecule has 1 aliphatic heterocycles. The SMILES string of the molecule is c1ccc2c3ccccc3nc-2c(-n2ccnn2)c1. The quantitative estimate of drug-likeness (QED) is 0.518. The summed E-state index contributed by atoms with van der Waals surface area (Å²) in [7, 11) is 0. The maximum Gasteiger partial charge on any atom is 0.0973 e. The minimum Gasteiger partial charge on any atom is -0.245 e. The Morgan fingerprint density at radius 2 is 1.74 bits per heavy atom. The number of benzene rings is 1. The summed E-state index contributed by atoms with van der Waals surface area (Å²) >= 11 is 0. The van der Waals surface area contributed by atoms with Crippen LogP contribution in [0.1, 0.15) is 0 Å². The van der Waals surface area contributed by atoms with Crippen molar-refractivity contribution >= 4 is 10.9 Å². The number of aromatic nitrogens is 4. The topological polar surface area (TPSA) is 43.6 Å². The molecule has 0 saturated heterocycles. The molecule has 0 N–H and O–H groups in total. The molecule has 1 aromatic carbocycles. The zero-order chi connectivity index (χ0) is 12.7. The molecule has 2 aliphatic rings. The van der Waals surface area contributed by atoms with Gasteiger partial charge in [0.15, 0.2) is 0 Å². The molecule has 0 amide bonds. The molecule has 1 aliphatic carbocycles. The van der Waals surface area contributed by atoms with E-state index in [2.05, 4.69) is 22.4 Å². The number of fused-ring (bicyclic) bond motifs is 3. The maximum absolute atomic E-state index is 4.72. The monoisotopic (exact) mass is 246 g/mol. The average Bonchev–Trinajstić information content (AvgIpc) is 3.03. The molecule has 0 fully saturated rings. The summed E-state index contributed by atoms with van der Waals surface area (Å²) < 4.78 is 1.74. The zero-order valence-corrected chi connectivity index (χ0v) is 10.1. The van der Waals surface area contributed by atoms with Crippen LogP contribution in [0.2, 0.25) is 0 Å². The first kappa shape index (κ1) is 10.2. The van der Waals surface area contributed by atoms with Gasteiger partial charge < -0.3 is 0 Å². The molecule has 0 saturated carbocycles. The van der Waals surface area contributed by atoms with Crippen LogP contribution in [0.5, 0.6) is 0 Å². The van der Waals surface area contributed by atoms with Crippen LogP contribution < -0.4 is 0 Å². The summed E-state index contributed by atoms with van der Waals surface area (Å²) in [5.74, 6) is 0. The lowest BCUT2D eigenvalue weighted by molar-refractivity contribution is 0.803. The molecule has 0 spiro atoms. The van der Waals surface area contributed by atoms with E-state index < -0.39 is 0 Å². The molecule has 4 nitrogen and oxygen atoms in total. The van der Waals surface area contributed by atoms with Crippen molar-refractivity contribution in [1.82, 2.24) is 20.0 Å². The molecule has 2 aromatic rings. The first-order valence-corrected chi connectivity index (χ1v) is 6.08. The van der Waals surface area contributed by atoms with E-state index in [1.54, 1.807) is 10.9 Å². The molecule has 0 bridgehead atoms. The second-order valence-electron chi connectivity index (χ2n) is 4.34. The van der Waals surface area contributed by atoms with Crippen molar-refractivity contribution in [2.24, 2.45) is 0 Å². The van der Waals surface area contributed by atoms with Crippen molar-refractivity contribution in [3.05, 3.63) is 60.9 Å². The Bertz CT molecular complexity index is 821. The summed E-state index contributed by atoms with van der Waals surface area (Å²) in [6.45, 7) is 0. The van der Waals surface area contributed by atoms with Gasteiger partial charge >= 0.3 is 0 Å². The molecule has 1 aromatic heterocycles. The highest BCUT2D eigenvalue weighted by molar-refractivity contribution is 5.99. The highest BCUT2D eigenvalue weighted by Crippen LogP contribution is 2.33. The van der Waals surface area contributed by atoms with E-state index in [1.807, 2.05) is 42.6 Å². The first-order valence-electron chi connectivity index (χ1n) is 6.08. The third-order valence-electron chi connectivity index (χ3n) is 3.22. The third kappa shape index (κ3) is 1.50. The van der Waals surface area contributed by atoms with Gasteiger partial charge in [-0.15, -0.1) is 5.10 Å². The number of para-hydroxylation sites is 1. The predicted molar refractivity (Wildman–Crippen MR) is 73.3 cm³/mol. The molecule has 0 radical (unpaired) electrons. The van der Waals surface area contributed by atoms with Gasteiger partial charge in [-0.3, -0.25) is 0 Å². The Kier molecular flexibility index (Phi) is 2.08. The predicted octanol–water partition coefficient (Wildman–Crippen LogP) is 2.92. The van der Waals surface area contributed by atoms with Crippen LogP contribution in [-0.2, 0) is 0 Å². The van der Waals surface area contributed by atoms with Crippen LogP contribution >= 0.6 is 0 Å². The van der Waals surface area contributed by atoms with E-state index in [9.17, 15) is 0 Å². The van der Waals surface area contributed by atoms with Crippen molar-refractivity contribution in [2.45, 2.75) is 0 Å². The normalized spacial score (nSPS) is 11.2. The van der Waals surface area contributed by atoms with E-state index in [0.717, 1.165) is 27.8 Å². The summed E-state index contributed by atoms with van der Waals surface area (Å²) in [4.78, 5) is 4.72. The van der Waals surface area contributed by atoms with Crippen LogP contribution in [0.15, 0.2) is 60.9 Å². The van der Waals surface area contributed by atoms with Crippen molar-refractivity contribution in [1.29, 1.82) is 0 Å². The Morgan fingerprint density at radius 1 is 0.895 bits per heavy atom. The van der Waals surface area contributed by atoms with Crippen molar-refractivity contribution in [3.8, 4) is 16.9 Å². The fourth-order valence-electron chi connectivity index (χ4n) is 2.37. The summed E-state index contributed by atoms with van der Waals surface area (Å²) in [6.07, 6.45) is 3.50. The van der Waals surface area contributed by atoms with Gasteiger partial charge in [-0.05, 0) is 12.1 Å². The maximum atomic E-state index is 4.72. The van der Waals surface area contributed by atoms with Crippen LogP contribution in [0.4, 0.5) is 0 Å². The van der Waals surface area contributed by atoms with Gasteiger partial charge in [0.05, 0.1) is 29.3 Å². The van der Waals surface area contributed by atoms with Gasteiger partial charge in [0.1, 0.15) is 0 Å². The lowest BCUT2D eigenvalue weighted by Crippen LogP contribution is -1.96. The molecule has 90 valence electrons. The minimum atomic E-state index is 0.939. The Balaban J connectivity index is 2.12. The Hall–Kier alpha value is -2.75. The highest BCUT2D eigenvalue weighted by Gasteiger charge is 2.15. The number of hydrogen-bond donors (Lipinski definition) is 0. The fraction of sp³-hybridized carbons (Fsp3) is 0. The van der Waals surface area contributed by atoms with Crippen molar-refractivity contribution in [3.63, 3.8) is 0 Å². The van der Waals surface area contributed by atoms with Crippen LogP contribution in [0.25, 0.3) is 27.8 Å². The van der Waals surface area contributed by atoms with Gasteiger partial charge in [-0.2, -0.15) is 0 Å². The van der Waals surface area contributed by atoms with E-state index >= 15 is 0 Å². The summed E-state index contributed by atoms with van der Waals surface area (Å²) in [5, 5.41) is 9.09. The van der Waals surface area contributed by atoms with Crippen LogP contribution in [0, 0.1) is 0 Å². The van der Waals surface area contributed by atoms with Crippen molar-refractivity contribution < 1.29 is 0 Å². The lowest BCUT2D eigenvalue weighted by atomic mass is 10.1. The number of rotatable bonds is 1. The highest BCUT2D eigenvalue weighted by atomic mass is 15.4. The average molecular weight is 246 g/mol. The van der Waals surface area contributed by atoms with E-state index in [0.29, 0.717) is 0 Å². The van der Waals surface area contributed by atoms with Crippen LogP contribution in [0.3, 0.4) is 0 Å². The molecule has 19 heavy (non-hydrogen) atoms. The number of nitrogens with zero attached hydrogens (tertiary/aromatic N) is 4. The third-order valence-corrected chi connectivity index (χ3v) is 3.22. The van der Waals surface area contributed by atoms with Gasteiger partial charge in [-0.25, -0.2) is 9.67 Å². The lowest BCUT2D eigenvalue weighted by Gasteiger charge is -2.01. The largest absolute Gasteiger partial charge is 0.245 e. The Labute approximate surface area is 109 Å². The van der Waals surface area contributed by atoms with E-state index in [4.69, 9.17) is 4.98 Å². The molecular formula is C15H10N4. The van der Waals surface area contributed by atoms with Crippen molar-refractivity contribution in [2.75, 3.05) is 0 Å². The second-order valence-corrected chi connectivity index (χ2v) is 4.34. The summed E-state index contributed by atoms with van der Waals surface area (Å²) in [5.41, 5.74) is 4.02. The van der Waals surface area contributed by atoms with E-state index in [1.165, 1.54) is 0 Å². The first-order chi connectivity index (χ1) is 9.43. The minimum absolute atomic E-state index is 0.939. The Morgan fingerprint density at radius 3 is 2.63 bits per heavy atom. The second kappa shape index (κ2) is 3.88. The number of hydrogen-bond acceptors (Lipinski definition) is 3. The van der Waals surface area contributed by atoms with Gasteiger partial charge in [0.25, 0.3) is 0 Å². The van der Waals surface area contributed by atoms with Gasteiger partial charge in [-0.1, -0.05) is 41.6 Å². The summed E-state index contributed by atoms with van der Waals surface area (Å²) in [6, 6.07) is 16.3. The molecule has 0 unspecified atom stereocenters.